The monoisotopic (exact) mass is 470 g/mol. The number of sulfonamides is 1. The zero-order chi connectivity index (χ0) is 23.8. The molecule has 174 valence electrons. The topological polar surface area (TPSA) is 66.9 Å². The van der Waals surface area contributed by atoms with Crippen LogP contribution in [0.25, 0.3) is 0 Å². The van der Waals surface area contributed by atoms with Crippen LogP contribution in [0.4, 0.5) is 4.39 Å². The van der Waals surface area contributed by atoms with Crippen LogP contribution in [0.3, 0.4) is 0 Å². The van der Waals surface area contributed by atoms with Crippen LogP contribution in [0, 0.1) is 5.82 Å². The number of carbonyl (C=O) groups excluding carboxylic acids is 1. The first-order valence-corrected chi connectivity index (χ1v) is 12.0. The molecule has 6 nitrogen and oxygen atoms in total. The van der Waals surface area contributed by atoms with E-state index in [0.29, 0.717) is 17.9 Å². The number of hydrogen-bond acceptors (Lipinski definition) is 4. The van der Waals surface area contributed by atoms with Crippen molar-refractivity contribution in [2.75, 3.05) is 20.2 Å². The van der Waals surface area contributed by atoms with Gasteiger partial charge < -0.3 is 9.64 Å². The van der Waals surface area contributed by atoms with E-state index in [-0.39, 0.29) is 24.5 Å². The molecule has 3 rings (SSSR count). The van der Waals surface area contributed by atoms with Gasteiger partial charge in [0, 0.05) is 25.7 Å². The Hall–Kier alpha value is -3.23. The van der Waals surface area contributed by atoms with Crippen molar-refractivity contribution in [2.24, 2.45) is 0 Å². The van der Waals surface area contributed by atoms with Crippen molar-refractivity contribution in [1.29, 1.82) is 0 Å². The molecule has 1 amide bonds. The molecule has 0 unspecified atom stereocenters. The summed E-state index contributed by atoms with van der Waals surface area (Å²) in [6.07, 6.45) is 0. The SMILES string of the molecule is CCOc1ccc(S(=O)(=O)N(CC(=O)N(C)Cc2ccccc2F)Cc2ccccc2)cc1. The van der Waals surface area contributed by atoms with E-state index in [4.69, 9.17) is 4.74 Å². The van der Waals surface area contributed by atoms with E-state index in [1.54, 1.807) is 42.5 Å². The molecule has 0 aliphatic carbocycles. The number of nitrogens with zero attached hydrogens (tertiary/aromatic N) is 2. The first-order valence-electron chi connectivity index (χ1n) is 10.6. The molecule has 0 atom stereocenters. The summed E-state index contributed by atoms with van der Waals surface area (Å²) in [4.78, 5) is 14.3. The maximum Gasteiger partial charge on any atom is 0.243 e. The lowest BCUT2D eigenvalue weighted by Crippen LogP contribution is -2.41. The lowest BCUT2D eigenvalue weighted by atomic mass is 10.2. The second-order valence-corrected chi connectivity index (χ2v) is 9.44. The van der Waals surface area contributed by atoms with E-state index in [2.05, 4.69) is 0 Å². The summed E-state index contributed by atoms with van der Waals surface area (Å²) in [5.41, 5.74) is 1.11. The van der Waals surface area contributed by atoms with Gasteiger partial charge in [0.15, 0.2) is 0 Å². The fourth-order valence-corrected chi connectivity index (χ4v) is 4.66. The molecule has 0 spiro atoms. The number of benzene rings is 3. The molecule has 0 aliphatic rings. The van der Waals surface area contributed by atoms with Crippen LogP contribution in [-0.2, 0) is 27.9 Å². The van der Waals surface area contributed by atoms with E-state index in [0.717, 1.165) is 9.87 Å². The molecular formula is C25H27FN2O4S. The summed E-state index contributed by atoms with van der Waals surface area (Å²) in [7, 11) is -2.46. The van der Waals surface area contributed by atoms with E-state index >= 15 is 0 Å². The van der Waals surface area contributed by atoms with Crippen LogP contribution in [0.5, 0.6) is 5.75 Å². The van der Waals surface area contributed by atoms with Gasteiger partial charge in [0.1, 0.15) is 11.6 Å². The molecular weight excluding hydrogens is 443 g/mol. The lowest BCUT2D eigenvalue weighted by Gasteiger charge is -2.25. The third kappa shape index (κ3) is 6.40. The Balaban J connectivity index is 1.84. The lowest BCUT2D eigenvalue weighted by molar-refractivity contribution is -0.130. The Morgan fingerprint density at radius 3 is 2.18 bits per heavy atom. The van der Waals surface area contributed by atoms with Crippen LogP contribution >= 0.6 is 0 Å². The molecule has 0 radical (unpaired) electrons. The van der Waals surface area contributed by atoms with Gasteiger partial charge in [0.05, 0.1) is 18.0 Å². The molecule has 0 saturated heterocycles. The summed E-state index contributed by atoms with van der Waals surface area (Å²) in [6.45, 7) is 1.99. The van der Waals surface area contributed by atoms with Crippen LogP contribution in [0.15, 0.2) is 83.8 Å². The molecule has 33 heavy (non-hydrogen) atoms. The van der Waals surface area contributed by atoms with Gasteiger partial charge in [-0.3, -0.25) is 4.79 Å². The molecule has 3 aromatic rings. The predicted molar refractivity (Wildman–Crippen MR) is 125 cm³/mol. The maximum atomic E-state index is 14.0. The summed E-state index contributed by atoms with van der Waals surface area (Å²) < 4.78 is 47.4. The zero-order valence-corrected chi connectivity index (χ0v) is 19.5. The molecule has 0 fully saturated rings. The Kier molecular flexibility index (Phi) is 8.19. The van der Waals surface area contributed by atoms with Crippen LogP contribution < -0.4 is 4.74 Å². The number of ether oxygens (including phenoxy) is 1. The standard InChI is InChI=1S/C25H27FN2O4S/c1-3-32-22-13-15-23(16-14-22)33(30,31)28(17-20-9-5-4-6-10-20)19-25(29)27(2)18-21-11-7-8-12-24(21)26/h4-16H,3,17-19H2,1-2H3. The number of amides is 1. The van der Waals surface area contributed by atoms with E-state index < -0.39 is 21.7 Å². The minimum atomic E-state index is -3.98. The number of hydrogen-bond donors (Lipinski definition) is 0. The highest BCUT2D eigenvalue weighted by molar-refractivity contribution is 7.89. The van der Waals surface area contributed by atoms with Gasteiger partial charge in [-0.25, -0.2) is 12.8 Å². The van der Waals surface area contributed by atoms with Gasteiger partial charge in [-0.1, -0.05) is 48.5 Å². The number of rotatable bonds is 10. The van der Waals surface area contributed by atoms with E-state index in [9.17, 15) is 17.6 Å². The zero-order valence-electron chi connectivity index (χ0n) is 18.6. The van der Waals surface area contributed by atoms with Crippen LogP contribution in [0.1, 0.15) is 18.1 Å². The third-order valence-electron chi connectivity index (χ3n) is 5.08. The van der Waals surface area contributed by atoms with Crippen molar-refractivity contribution in [3.63, 3.8) is 0 Å². The number of carbonyl (C=O) groups is 1. The molecule has 0 heterocycles. The third-order valence-corrected chi connectivity index (χ3v) is 6.88. The van der Waals surface area contributed by atoms with Gasteiger partial charge in [-0.2, -0.15) is 4.31 Å². The summed E-state index contributed by atoms with van der Waals surface area (Å²) in [5, 5.41) is 0. The first-order chi connectivity index (χ1) is 15.8. The Labute approximate surface area is 194 Å². The Morgan fingerprint density at radius 1 is 0.909 bits per heavy atom. The van der Waals surface area contributed by atoms with Gasteiger partial charge >= 0.3 is 0 Å². The molecule has 0 saturated carbocycles. The number of likely N-dealkylation sites (N-methyl/N-ethyl adjacent to an activating group) is 1. The largest absolute Gasteiger partial charge is 0.494 e. The minimum Gasteiger partial charge on any atom is -0.494 e. The molecule has 0 aromatic heterocycles. The Morgan fingerprint density at radius 2 is 1.55 bits per heavy atom. The normalized spacial score (nSPS) is 11.4. The van der Waals surface area contributed by atoms with Crippen molar-refractivity contribution in [3.05, 3.63) is 95.8 Å². The number of halogens is 1. The molecule has 0 bridgehead atoms. The second kappa shape index (κ2) is 11.1. The van der Waals surface area contributed by atoms with Crippen molar-refractivity contribution in [2.45, 2.75) is 24.9 Å². The highest BCUT2D eigenvalue weighted by Gasteiger charge is 2.28. The van der Waals surface area contributed by atoms with Gasteiger partial charge in [0.2, 0.25) is 15.9 Å². The highest BCUT2D eigenvalue weighted by atomic mass is 32.2. The van der Waals surface area contributed by atoms with Crippen molar-refractivity contribution in [1.82, 2.24) is 9.21 Å². The molecule has 0 aliphatic heterocycles. The molecule has 8 heteroatoms. The fraction of sp³-hybridized carbons (Fsp3) is 0.240. The summed E-state index contributed by atoms with van der Waals surface area (Å²) in [6, 6.07) is 21.3. The smallest absolute Gasteiger partial charge is 0.243 e. The Bertz CT molecular complexity index is 1170. The predicted octanol–water partition coefficient (Wildman–Crippen LogP) is 4.07. The summed E-state index contributed by atoms with van der Waals surface area (Å²) in [5.74, 6) is -0.296. The highest BCUT2D eigenvalue weighted by Crippen LogP contribution is 2.22. The molecule has 0 N–H and O–H groups in total. The second-order valence-electron chi connectivity index (χ2n) is 7.50. The summed E-state index contributed by atoms with van der Waals surface area (Å²) >= 11 is 0. The van der Waals surface area contributed by atoms with Gasteiger partial charge in [0.25, 0.3) is 0 Å². The van der Waals surface area contributed by atoms with Crippen molar-refractivity contribution >= 4 is 15.9 Å². The van der Waals surface area contributed by atoms with Crippen molar-refractivity contribution in [3.8, 4) is 5.75 Å². The van der Waals surface area contributed by atoms with Gasteiger partial charge in [-0.05, 0) is 42.8 Å². The average molecular weight is 471 g/mol. The fourth-order valence-electron chi connectivity index (χ4n) is 3.28. The van der Waals surface area contributed by atoms with Gasteiger partial charge in [-0.15, -0.1) is 0 Å². The molecule has 3 aromatic carbocycles. The van der Waals surface area contributed by atoms with E-state index in [1.165, 1.54) is 30.1 Å². The van der Waals surface area contributed by atoms with E-state index in [1.807, 2.05) is 25.1 Å². The van der Waals surface area contributed by atoms with Crippen LogP contribution in [0.2, 0.25) is 0 Å². The quantitative estimate of drug-likeness (QED) is 0.448. The maximum absolute atomic E-state index is 14.0. The van der Waals surface area contributed by atoms with Crippen LogP contribution in [-0.4, -0.2) is 43.7 Å². The van der Waals surface area contributed by atoms with Crippen molar-refractivity contribution < 1.29 is 22.3 Å². The minimum absolute atomic E-state index is 0.0235. The first kappa shape index (κ1) is 24.4. The average Bonchev–Trinajstić information content (AvgIpc) is 2.81.